The van der Waals surface area contributed by atoms with E-state index in [9.17, 15) is 19.1 Å². The minimum Gasteiger partial charge on any atom is -0.478 e. The van der Waals surface area contributed by atoms with Crippen LogP contribution < -0.4 is 15.8 Å². The first kappa shape index (κ1) is 24.3. The molecule has 9 heteroatoms. The van der Waals surface area contributed by atoms with Crippen molar-refractivity contribution in [2.24, 2.45) is 7.05 Å². The van der Waals surface area contributed by atoms with E-state index in [0.29, 0.717) is 28.6 Å². The zero-order valence-electron chi connectivity index (χ0n) is 20.7. The van der Waals surface area contributed by atoms with Gasteiger partial charge in [0.2, 0.25) is 0 Å². The molecule has 8 nitrogen and oxygen atoms in total. The standard InChI is InChI=1S/C27H31FN4O4/c1-4-36-31-14-18-9-10-19(15-31)32(18)25-13-22-21(11-17(28)12-23(22)26(33)30(25)3)16(2)29-24-8-6-5-7-20(24)27(34)35/h5-8,11-13,16,18-19,29H,4,9-10,14-15H2,1-3H3,(H,34,35)/t16-,18?,19?/m1/s1. The predicted molar refractivity (Wildman–Crippen MR) is 137 cm³/mol. The first-order valence-corrected chi connectivity index (χ1v) is 12.4. The van der Waals surface area contributed by atoms with Crippen LogP contribution in [0.25, 0.3) is 10.8 Å². The summed E-state index contributed by atoms with van der Waals surface area (Å²) in [6.45, 7) is 5.97. The van der Waals surface area contributed by atoms with Gasteiger partial charge in [-0.25, -0.2) is 9.18 Å². The quantitative estimate of drug-likeness (QED) is 0.510. The number of carboxylic acids is 1. The van der Waals surface area contributed by atoms with Crippen LogP contribution >= 0.6 is 0 Å². The topological polar surface area (TPSA) is 87.0 Å². The van der Waals surface area contributed by atoms with Crippen LogP contribution in [-0.4, -0.2) is 52.5 Å². The average Bonchev–Trinajstić information content (AvgIpc) is 3.11. The molecule has 5 rings (SSSR count). The molecule has 0 spiro atoms. The summed E-state index contributed by atoms with van der Waals surface area (Å²) in [5.41, 5.74) is 0.909. The average molecular weight is 495 g/mol. The van der Waals surface area contributed by atoms with Crippen LogP contribution in [0.15, 0.2) is 47.3 Å². The summed E-state index contributed by atoms with van der Waals surface area (Å²) in [5.74, 6) is -0.748. The van der Waals surface area contributed by atoms with E-state index >= 15 is 0 Å². The number of carboxylic acid groups (broad SMARTS) is 1. The lowest BCUT2D eigenvalue weighted by Gasteiger charge is -2.42. The van der Waals surface area contributed by atoms with E-state index in [2.05, 4.69) is 10.2 Å². The van der Waals surface area contributed by atoms with Gasteiger partial charge in [-0.1, -0.05) is 12.1 Å². The minimum atomic E-state index is -1.05. The Hall–Kier alpha value is -3.43. The van der Waals surface area contributed by atoms with E-state index in [-0.39, 0.29) is 23.2 Å². The largest absolute Gasteiger partial charge is 0.478 e. The van der Waals surface area contributed by atoms with Crippen molar-refractivity contribution in [3.8, 4) is 0 Å². The van der Waals surface area contributed by atoms with Crippen LogP contribution in [0.5, 0.6) is 0 Å². The Morgan fingerprint density at radius 1 is 1.17 bits per heavy atom. The highest BCUT2D eigenvalue weighted by atomic mass is 19.1. The molecule has 2 unspecified atom stereocenters. The second kappa shape index (κ2) is 9.55. The number of benzene rings is 2. The van der Waals surface area contributed by atoms with E-state index in [0.717, 1.165) is 31.7 Å². The Morgan fingerprint density at radius 3 is 2.53 bits per heavy atom. The van der Waals surface area contributed by atoms with Gasteiger partial charge in [-0.2, -0.15) is 5.06 Å². The molecule has 0 saturated carbocycles. The first-order valence-electron chi connectivity index (χ1n) is 12.4. The monoisotopic (exact) mass is 494 g/mol. The van der Waals surface area contributed by atoms with E-state index < -0.39 is 17.8 Å². The van der Waals surface area contributed by atoms with Gasteiger partial charge in [0, 0.05) is 44.0 Å². The molecule has 2 aliphatic heterocycles. The number of pyridine rings is 1. The van der Waals surface area contributed by atoms with Crippen molar-refractivity contribution in [3.05, 3.63) is 69.8 Å². The highest BCUT2D eigenvalue weighted by Gasteiger charge is 2.41. The van der Waals surface area contributed by atoms with Gasteiger partial charge in [0.15, 0.2) is 0 Å². The second-order valence-corrected chi connectivity index (χ2v) is 9.60. The van der Waals surface area contributed by atoms with Gasteiger partial charge in [-0.15, -0.1) is 0 Å². The summed E-state index contributed by atoms with van der Waals surface area (Å²) in [6, 6.07) is 11.3. The van der Waals surface area contributed by atoms with E-state index in [1.807, 2.05) is 25.0 Å². The SMILES string of the molecule is CCON1CC2CCC(C1)N2c1cc2c([C@@H](C)Nc3ccccc3C(=O)O)cc(F)cc2c(=O)n1C. The third-order valence-corrected chi connectivity index (χ3v) is 7.35. The number of hydrogen-bond donors (Lipinski definition) is 2. The molecule has 1 aromatic heterocycles. The molecule has 2 aromatic carbocycles. The minimum absolute atomic E-state index is 0.130. The lowest BCUT2D eigenvalue weighted by Crippen LogP contribution is -2.54. The summed E-state index contributed by atoms with van der Waals surface area (Å²) >= 11 is 0. The van der Waals surface area contributed by atoms with Gasteiger partial charge in [0.25, 0.3) is 5.56 Å². The second-order valence-electron chi connectivity index (χ2n) is 9.60. The highest BCUT2D eigenvalue weighted by molar-refractivity contribution is 5.94. The Balaban J connectivity index is 1.58. The van der Waals surface area contributed by atoms with Crippen LogP contribution in [0.2, 0.25) is 0 Å². The molecule has 2 aliphatic rings. The Labute approximate surface area is 208 Å². The third-order valence-electron chi connectivity index (χ3n) is 7.35. The maximum Gasteiger partial charge on any atom is 0.337 e. The number of para-hydroxylation sites is 1. The molecule has 3 atom stereocenters. The van der Waals surface area contributed by atoms with E-state index in [1.54, 1.807) is 29.8 Å². The Morgan fingerprint density at radius 2 is 1.86 bits per heavy atom. The molecule has 2 fully saturated rings. The Bertz CT molecular complexity index is 1360. The van der Waals surface area contributed by atoms with Crippen molar-refractivity contribution in [3.63, 3.8) is 0 Å². The number of aromatic carboxylic acids is 1. The summed E-state index contributed by atoms with van der Waals surface area (Å²) in [4.78, 5) is 33.2. The molecule has 3 aromatic rings. The fourth-order valence-corrected chi connectivity index (χ4v) is 5.73. The van der Waals surface area contributed by atoms with Gasteiger partial charge in [0.1, 0.15) is 11.6 Å². The van der Waals surface area contributed by atoms with Crippen LogP contribution in [-0.2, 0) is 11.9 Å². The fourth-order valence-electron chi connectivity index (χ4n) is 5.73. The summed E-state index contributed by atoms with van der Waals surface area (Å²) in [7, 11) is 1.74. The number of hydrogen-bond acceptors (Lipinski definition) is 6. The van der Waals surface area contributed by atoms with Crippen LogP contribution in [0.3, 0.4) is 0 Å². The lowest BCUT2D eigenvalue weighted by atomic mass is 9.99. The van der Waals surface area contributed by atoms with E-state index in [1.165, 1.54) is 18.2 Å². The van der Waals surface area contributed by atoms with Crippen LogP contribution in [0, 0.1) is 5.82 Å². The maximum atomic E-state index is 14.7. The molecular formula is C27H31FN4O4. The fraction of sp³-hybridized carbons (Fsp3) is 0.407. The Kier molecular flexibility index (Phi) is 6.44. The van der Waals surface area contributed by atoms with Crippen molar-refractivity contribution in [2.45, 2.75) is 44.8 Å². The molecule has 36 heavy (non-hydrogen) atoms. The van der Waals surface area contributed by atoms with Crippen molar-refractivity contribution in [2.75, 3.05) is 29.9 Å². The zero-order valence-corrected chi connectivity index (χ0v) is 20.7. The molecule has 2 saturated heterocycles. The molecule has 190 valence electrons. The van der Waals surface area contributed by atoms with Gasteiger partial charge in [-0.3, -0.25) is 14.2 Å². The number of aromatic nitrogens is 1. The van der Waals surface area contributed by atoms with Crippen molar-refractivity contribution in [1.29, 1.82) is 0 Å². The number of halogens is 1. The molecule has 2 N–H and O–H groups in total. The number of rotatable bonds is 7. The smallest absolute Gasteiger partial charge is 0.337 e. The summed E-state index contributed by atoms with van der Waals surface area (Å²) < 4.78 is 16.3. The molecular weight excluding hydrogens is 463 g/mol. The maximum absolute atomic E-state index is 14.7. The van der Waals surface area contributed by atoms with Crippen molar-refractivity contribution in [1.82, 2.24) is 9.63 Å². The van der Waals surface area contributed by atoms with Gasteiger partial charge < -0.3 is 15.3 Å². The summed E-state index contributed by atoms with van der Waals surface area (Å²) in [6.07, 6.45) is 2.03. The van der Waals surface area contributed by atoms with Gasteiger partial charge >= 0.3 is 5.97 Å². The number of fused-ring (bicyclic) bond motifs is 3. The van der Waals surface area contributed by atoms with Crippen LogP contribution in [0.1, 0.15) is 48.7 Å². The number of carbonyl (C=O) groups is 1. The first-order chi connectivity index (χ1) is 17.3. The zero-order chi connectivity index (χ0) is 25.6. The molecule has 3 heterocycles. The number of hydroxylamine groups is 2. The third kappa shape index (κ3) is 4.22. The lowest BCUT2D eigenvalue weighted by molar-refractivity contribution is -0.164. The van der Waals surface area contributed by atoms with Crippen molar-refractivity contribution < 1.29 is 19.1 Å². The molecule has 0 radical (unpaired) electrons. The van der Waals surface area contributed by atoms with Crippen molar-refractivity contribution >= 4 is 28.2 Å². The van der Waals surface area contributed by atoms with Crippen LogP contribution in [0.4, 0.5) is 15.9 Å². The number of anilines is 2. The highest BCUT2D eigenvalue weighted by Crippen LogP contribution is 2.37. The number of piperazine rings is 1. The molecule has 2 bridgehead atoms. The molecule has 0 amide bonds. The number of nitrogens with zero attached hydrogens (tertiary/aromatic N) is 3. The number of nitrogens with one attached hydrogen (secondary N) is 1. The molecule has 0 aliphatic carbocycles. The van der Waals surface area contributed by atoms with Gasteiger partial charge in [0.05, 0.1) is 17.6 Å². The van der Waals surface area contributed by atoms with E-state index in [4.69, 9.17) is 4.84 Å². The summed E-state index contributed by atoms with van der Waals surface area (Å²) in [5, 5.41) is 15.8. The van der Waals surface area contributed by atoms with Gasteiger partial charge in [-0.05, 0) is 68.0 Å². The predicted octanol–water partition coefficient (Wildman–Crippen LogP) is 4.15. The normalized spacial score (nSPS) is 20.6.